The number of nitrogens with zero attached hydrogens (tertiary/aromatic N) is 3. The van der Waals surface area contributed by atoms with Crippen LogP contribution in [0.5, 0.6) is 0 Å². The Hall–Kier alpha value is -2.02. The van der Waals surface area contributed by atoms with Gasteiger partial charge in [0.15, 0.2) is 0 Å². The van der Waals surface area contributed by atoms with Gasteiger partial charge in [-0.2, -0.15) is 0 Å². The molecule has 0 bridgehead atoms. The van der Waals surface area contributed by atoms with Crippen molar-refractivity contribution in [1.82, 2.24) is 15.2 Å². The number of aromatic nitrogens is 3. The molecule has 3 rings (SSSR count). The molecule has 0 saturated heterocycles. The number of carbonyl (C=O) groups is 1. The van der Waals surface area contributed by atoms with E-state index in [1.165, 1.54) is 0 Å². The molecule has 116 valence electrons. The van der Waals surface area contributed by atoms with Crippen molar-refractivity contribution in [2.45, 2.75) is 44.6 Å². The molecule has 2 aromatic heterocycles. The van der Waals surface area contributed by atoms with Crippen molar-refractivity contribution in [3.8, 4) is 0 Å². The second-order valence-electron chi connectivity index (χ2n) is 5.62. The van der Waals surface area contributed by atoms with Crippen molar-refractivity contribution in [2.75, 3.05) is 5.32 Å². The van der Waals surface area contributed by atoms with E-state index in [0.29, 0.717) is 23.3 Å². The molecule has 0 atom stereocenters. The zero-order valence-electron chi connectivity index (χ0n) is 12.5. The van der Waals surface area contributed by atoms with E-state index in [1.807, 2.05) is 6.92 Å². The summed E-state index contributed by atoms with van der Waals surface area (Å²) in [7, 11) is 0. The van der Waals surface area contributed by atoms with Gasteiger partial charge in [-0.25, -0.2) is 4.98 Å². The third kappa shape index (κ3) is 3.24. The highest BCUT2D eigenvalue weighted by molar-refractivity contribution is 7.11. The zero-order valence-corrected chi connectivity index (χ0v) is 13.3. The number of nitrogens with two attached hydrogens (primary N) is 1. The standard InChI is InChI=1S/C15H19N5OS/c1-9-19-20-15(22-9)10-4-6-11(7-5-10)18-14-12(13(16)21)3-2-8-17-14/h2-3,8,10-11H,4-7H2,1H3,(H2,16,21)(H,17,18). The van der Waals surface area contributed by atoms with Crippen LogP contribution in [0.3, 0.4) is 0 Å². The molecule has 1 aliphatic carbocycles. The Labute approximate surface area is 133 Å². The second kappa shape index (κ2) is 6.39. The number of hydrogen-bond donors (Lipinski definition) is 2. The molecule has 0 unspecified atom stereocenters. The highest BCUT2D eigenvalue weighted by Gasteiger charge is 2.25. The first-order valence-electron chi connectivity index (χ1n) is 7.45. The monoisotopic (exact) mass is 317 g/mol. The number of anilines is 1. The average molecular weight is 317 g/mol. The lowest BCUT2D eigenvalue weighted by molar-refractivity contribution is 0.100. The highest BCUT2D eigenvalue weighted by atomic mass is 32.1. The fraction of sp³-hybridized carbons (Fsp3) is 0.467. The van der Waals surface area contributed by atoms with E-state index < -0.39 is 5.91 Å². The van der Waals surface area contributed by atoms with Crippen LogP contribution >= 0.6 is 11.3 Å². The average Bonchev–Trinajstić information content (AvgIpc) is 2.95. The third-order valence-electron chi connectivity index (χ3n) is 4.03. The molecule has 0 spiro atoms. The van der Waals surface area contributed by atoms with Gasteiger partial charge in [-0.1, -0.05) is 0 Å². The summed E-state index contributed by atoms with van der Waals surface area (Å²) < 4.78 is 0. The summed E-state index contributed by atoms with van der Waals surface area (Å²) in [6, 6.07) is 3.74. The predicted octanol–water partition coefficient (Wildman–Crippen LogP) is 2.48. The molecule has 3 N–H and O–H groups in total. The Morgan fingerprint density at radius 2 is 2.09 bits per heavy atom. The first kappa shape index (κ1) is 14.9. The lowest BCUT2D eigenvalue weighted by atomic mass is 9.86. The number of carbonyl (C=O) groups excluding carboxylic acids is 1. The Morgan fingerprint density at radius 3 is 2.73 bits per heavy atom. The Morgan fingerprint density at radius 1 is 1.32 bits per heavy atom. The molecule has 2 aromatic rings. The first-order chi connectivity index (χ1) is 10.6. The van der Waals surface area contributed by atoms with Crippen LogP contribution in [-0.2, 0) is 0 Å². The second-order valence-corrected chi connectivity index (χ2v) is 6.83. The van der Waals surface area contributed by atoms with E-state index in [4.69, 9.17) is 5.73 Å². The molecule has 0 radical (unpaired) electrons. The summed E-state index contributed by atoms with van der Waals surface area (Å²) in [4.78, 5) is 15.7. The van der Waals surface area contributed by atoms with Gasteiger partial charge in [0, 0.05) is 18.2 Å². The minimum Gasteiger partial charge on any atom is -0.367 e. The van der Waals surface area contributed by atoms with Gasteiger partial charge in [0.2, 0.25) is 0 Å². The zero-order chi connectivity index (χ0) is 15.5. The fourth-order valence-electron chi connectivity index (χ4n) is 2.87. The van der Waals surface area contributed by atoms with Crippen LogP contribution < -0.4 is 11.1 Å². The van der Waals surface area contributed by atoms with Crippen LogP contribution in [0, 0.1) is 6.92 Å². The van der Waals surface area contributed by atoms with Crippen LogP contribution in [0.15, 0.2) is 18.3 Å². The maximum atomic E-state index is 11.4. The number of primary amides is 1. The normalized spacial score (nSPS) is 21.5. The van der Waals surface area contributed by atoms with Crippen molar-refractivity contribution in [2.24, 2.45) is 5.73 Å². The molecule has 1 aliphatic rings. The van der Waals surface area contributed by atoms with E-state index >= 15 is 0 Å². The number of amides is 1. The van der Waals surface area contributed by atoms with Crippen molar-refractivity contribution < 1.29 is 4.79 Å². The number of hydrogen-bond acceptors (Lipinski definition) is 6. The molecule has 1 amide bonds. The van der Waals surface area contributed by atoms with Gasteiger partial charge in [-0.3, -0.25) is 4.79 Å². The summed E-state index contributed by atoms with van der Waals surface area (Å²) in [6.45, 7) is 1.99. The minimum absolute atomic E-state index is 0.318. The van der Waals surface area contributed by atoms with Gasteiger partial charge < -0.3 is 11.1 Å². The van der Waals surface area contributed by atoms with Gasteiger partial charge in [0.25, 0.3) is 5.91 Å². The van der Waals surface area contributed by atoms with Crippen LogP contribution in [0.2, 0.25) is 0 Å². The highest BCUT2D eigenvalue weighted by Crippen LogP contribution is 2.35. The van der Waals surface area contributed by atoms with E-state index in [-0.39, 0.29) is 0 Å². The van der Waals surface area contributed by atoms with Crippen molar-refractivity contribution in [3.05, 3.63) is 33.9 Å². The molecule has 7 heteroatoms. The van der Waals surface area contributed by atoms with Gasteiger partial charge in [-0.05, 0) is 44.7 Å². The van der Waals surface area contributed by atoms with Gasteiger partial charge in [0.05, 0.1) is 5.56 Å². The predicted molar refractivity (Wildman–Crippen MR) is 86.0 cm³/mol. The molecule has 0 aliphatic heterocycles. The number of rotatable bonds is 4. The van der Waals surface area contributed by atoms with Crippen molar-refractivity contribution in [1.29, 1.82) is 0 Å². The molecule has 2 heterocycles. The molecule has 6 nitrogen and oxygen atoms in total. The van der Waals surface area contributed by atoms with E-state index in [1.54, 1.807) is 29.7 Å². The Balaban J connectivity index is 1.62. The van der Waals surface area contributed by atoms with Crippen LogP contribution in [-0.4, -0.2) is 27.1 Å². The quantitative estimate of drug-likeness (QED) is 0.903. The number of pyridine rings is 1. The summed E-state index contributed by atoms with van der Waals surface area (Å²) >= 11 is 1.69. The molecular formula is C15H19N5OS. The molecule has 0 aromatic carbocycles. The molecule has 22 heavy (non-hydrogen) atoms. The maximum Gasteiger partial charge on any atom is 0.252 e. The lowest BCUT2D eigenvalue weighted by Gasteiger charge is -2.28. The Bertz CT molecular complexity index is 663. The van der Waals surface area contributed by atoms with E-state index in [2.05, 4.69) is 20.5 Å². The lowest BCUT2D eigenvalue weighted by Crippen LogP contribution is -2.27. The van der Waals surface area contributed by atoms with Crippen LogP contribution in [0.25, 0.3) is 0 Å². The topological polar surface area (TPSA) is 93.8 Å². The maximum absolute atomic E-state index is 11.4. The van der Waals surface area contributed by atoms with Crippen molar-refractivity contribution in [3.63, 3.8) is 0 Å². The van der Waals surface area contributed by atoms with E-state index in [0.717, 1.165) is 35.7 Å². The summed E-state index contributed by atoms with van der Waals surface area (Å²) in [5.41, 5.74) is 5.84. The Kier molecular flexibility index (Phi) is 4.33. The third-order valence-corrected chi connectivity index (χ3v) is 5.03. The first-order valence-corrected chi connectivity index (χ1v) is 8.26. The van der Waals surface area contributed by atoms with Gasteiger partial charge in [-0.15, -0.1) is 21.5 Å². The van der Waals surface area contributed by atoms with E-state index in [9.17, 15) is 4.79 Å². The van der Waals surface area contributed by atoms with Gasteiger partial charge in [0.1, 0.15) is 15.8 Å². The molecular weight excluding hydrogens is 298 g/mol. The number of nitrogens with one attached hydrogen (secondary N) is 1. The summed E-state index contributed by atoms with van der Waals surface area (Å²) in [5.74, 6) is 0.641. The van der Waals surface area contributed by atoms with Crippen LogP contribution in [0.4, 0.5) is 5.82 Å². The fourth-order valence-corrected chi connectivity index (χ4v) is 3.74. The number of aryl methyl sites for hydroxylation is 1. The summed E-state index contributed by atoms with van der Waals surface area (Å²) in [5, 5.41) is 13.9. The molecule has 1 fully saturated rings. The summed E-state index contributed by atoms with van der Waals surface area (Å²) in [6.07, 6.45) is 5.87. The van der Waals surface area contributed by atoms with Crippen LogP contribution in [0.1, 0.15) is 52.0 Å². The van der Waals surface area contributed by atoms with Gasteiger partial charge >= 0.3 is 0 Å². The SMILES string of the molecule is Cc1nnc(C2CCC(Nc3ncccc3C(N)=O)CC2)s1. The largest absolute Gasteiger partial charge is 0.367 e. The smallest absolute Gasteiger partial charge is 0.252 e. The minimum atomic E-state index is -0.450. The van der Waals surface area contributed by atoms with Crippen molar-refractivity contribution >= 4 is 23.1 Å². The molecule has 1 saturated carbocycles.